The lowest BCUT2D eigenvalue weighted by Crippen LogP contribution is -2.54. The smallest absolute Gasteiger partial charge is 0.349 e. The van der Waals surface area contributed by atoms with Crippen LogP contribution in [-0.4, -0.2) is 40.8 Å². The van der Waals surface area contributed by atoms with Gasteiger partial charge in [-0.3, -0.25) is 0 Å². The van der Waals surface area contributed by atoms with Gasteiger partial charge in [-0.15, -0.1) is 0 Å². The van der Waals surface area contributed by atoms with Gasteiger partial charge in [0.15, 0.2) is 5.65 Å². The van der Waals surface area contributed by atoms with Gasteiger partial charge >= 0.3 is 6.18 Å². The number of alkyl halides is 3. The Bertz CT molecular complexity index is 1060. The third-order valence-electron chi connectivity index (χ3n) is 5.91. The van der Waals surface area contributed by atoms with E-state index in [1.54, 1.807) is 11.1 Å². The lowest BCUT2D eigenvalue weighted by atomic mass is 9.91. The van der Waals surface area contributed by atoms with Gasteiger partial charge in [0.2, 0.25) is 5.95 Å². The molecule has 2 aliphatic rings. The molecule has 5 rings (SSSR count). The van der Waals surface area contributed by atoms with Crippen LogP contribution in [0.15, 0.2) is 42.6 Å². The van der Waals surface area contributed by atoms with Crippen LogP contribution in [0.4, 0.5) is 24.9 Å². The molecule has 2 aromatic heterocycles. The Morgan fingerprint density at radius 3 is 2.52 bits per heavy atom. The maximum Gasteiger partial charge on any atom is 0.395 e. The molecule has 4 heterocycles. The summed E-state index contributed by atoms with van der Waals surface area (Å²) in [5.74, 6) is -0.257. The van der Waals surface area contributed by atoms with E-state index in [2.05, 4.69) is 33.9 Å². The highest BCUT2D eigenvalue weighted by atomic mass is 19.4. The van der Waals surface area contributed by atoms with Crippen LogP contribution in [0.25, 0.3) is 11.0 Å². The number of nitrogens with zero attached hydrogens (tertiary/aromatic N) is 5. The van der Waals surface area contributed by atoms with Crippen molar-refractivity contribution < 1.29 is 13.2 Å². The summed E-state index contributed by atoms with van der Waals surface area (Å²) in [6.45, 7) is 2.71. The molecular formula is C21H20F3N5. The van der Waals surface area contributed by atoms with E-state index in [1.165, 1.54) is 11.1 Å². The van der Waals surface area contributed by atoms with Crippen molar-refractivity contribution in [1.82, 2.24) is 15.0 Å². The number of hydrogen-bond donors (Lipinski definition) is 0. The molecule has 2 saturated heterocycles. The van der Waals surface area contributed by atoms with E-state index in [-0.39, 0.29) is 19.1 Å². The van der Waals surface area contributed by atoms with E-state index in [0.29, 0.717) is 11.6 Å². The molecule has 29 heavy (non-hydrogen) atoms. The van der Waals surface area contributed by atoms with Gasteiger partial charge in [0.25, 0.3) is 0 Å². The highest BCUT2D eigenvalue weighted by molar-refractivity contribution is 5.88. The van der Waals surface area contributed by atoms with Crippen molar-refractivity contribution in [3.63, 3.8) is 0 Å². The maximum atomic E-state index is 12.9. The maximum absolute atomic E-state index is 12.9. The summed E-state index contributed by atoms with van der Waals surface area (Å²) in [5.41, 5.74) is 2.98. The highest BCUT2D eigenvalue weighted by Gasteiger charge is 2.48. The fourth-order valence-electron chi connectivity index (χ4n) is 4.07. The zero-order valence-corrected chi connectivity index (χ0v) is 15.9. The van der Waals surface area contributed by atoms with Crippen molar-refractivity contribution >= 4 is 22.8 Å². The lowest BCUT2D eigenvalue weighted by Gasteiger charge is -2.44. The minimum absolute atomic E-state index is 0.109. The summed E-state index contributed by atoms with van der Waals surface area (Å²) in [5, 5.41) is 0.822. The number of aromatic nitrogens is 3. The van der Waals surface area contributed by atoms with E-state index in [4.69, 9.17) is 4.98 Å². The Morgan fingerprint density at radius 2 is 1.83 bits per heavy atom. The SMILES string of the molecule is Cc1ccccc1C1CCN1c1nc(N2CC(C(F)(F)F)C2)nc2ncccc12. The Morgan fingerprint density at radius 1 is 1.03 bits per heavy atom. The van der Waals surface area contributed by atoms with Crippen LogP contribution in [-0.2, 0) is 0 Å². The fourth-order valence-corrected chi connectivity index (χ4v) is 4.07. The number of fused-ring (bicyclic) bond motifs is 1. The summed E-state index contributed by atoms with van der Waals surface area (Å²) in [6.07, 6.45) is -1.53. The average molecular weight is 399 g/mol. The normalized spacial score (nSPS) is 19.9. The molecule has 0 N–H and O–H groups in total. The van der Waals surface area contributed by atoms with Gasteiger partial charge in [-0.05, 0) is 36.6 Å². The first-order chi connectivity index (χ1) is 13.9. The first-order valence-corrected chi connectivity index (χ1v) is 9.68. The fraction of sp³-hybridized carbons (Fsp3) is 0.381. The number of rotatable bonds is 3. The summed E-state index contributed by atoms with van der Waals surface area (Å²) in [6, 6.07) is 12.2. The predicted octanol–water partition coefficient (Wildman–Crippen LogP) is 4.28. The molecule has 1 aromatic carbocycles. The number of halogens is 3. The van der Waals surface area contributed by atoms with Crippen molar-refractivity contribution in [1.29, 1.82) is 0 Å². The second kappa shape index (κ2) is 6.57. The first-order valence-electron chi connectivity index (χ1n) is 9.68. The van der Waals surface area contributed by atoms with Crippen molar-refractivity contribution in [3.8, 4) is 0 Å². The van der Waals surface area contributed by atoms with Gasteiger partial charge in [0.05, 0.1) is 17.3 Å². The van der Waals surface area contributed by atoms with Gasteiger partial charge in [-0.2, -0.15) is 23.1 Å². The molecule has 8 heteroatoms. The topological polar surface area (TPSA) is 45.2 Å². The zero-order chi connectivity index (χ0) is 20.2. The molecule has 5 nitrogen and oxygen atoms in total. The second-order valence-electron chi connectivity index (χ2n) is 7.72. The number of aryl methyl sites for hydroxylation is 1. The highest BCUT2D eigenvalue weighted by Crippen LogP contribution is 2.42. The van der Waals surface area contributed by atoms with Crippen molar-refractivity contribution in [3.05, 3.63) is 53.7 Å². The molecule has 0 saturated carbocycles. The van der Waals surface area contributed by atoms with Crippen LogP contribution in [0.5, 0.6) is 0 Å². The minimum Gasteiger partial charge on any atom is -0.349 e. The van der Waals surface area contributed by atoms with Gasteiger partial charge < -0.3 is 9.80 Å². The number of hydrogen-bond acceptors (Lipinski definition) is 5. The Hall–Kier alpha value is -2.90. The number of pyridine rings is 1. The molecule has 2 aliphatic heterocycles. The van der Waals surface area contributed by atoms with Crippen LogP contribution in [0.3, 0.4) is 0 Å². The van der Waals surface area contributed by atoms with Gasteiger partial charge in [0.1, 0.15) is 5.82 Å². The van der Waals surface area contributed by atoms with Crippen molar-refractivity contribution in [2.45, 2.75) is 25.6 Å². The quantitative estimate of drug-likeness (QED) is 0.658. The summed E-state index contributed by atoms with van der Waals surface area (Å²) < 4.78 is 38.7. The van der Waals surface area contributed by atoms with Gasteiger partial charge in [-0.25, -0.2) is 4.98 Å². The standard InChI is InChI=1S/C21H20F3N5/c1-13-5-2-3-6-15(13)17-8-10-29(17)19-16-7-4-9-25-18(16)26-20(27-19)28-11-14(12-28)21(22,23)24/h2-7,9,14,17H,8,10-12H2,1H3. The molecule has 0 amide bonds. The molecule has 150 valence electrons. The lowest BCUT2D eigenvalue weighted by molar-refractivity contribution is -0.180. The van der Waals surface area contributed by atoms with Gasteiger partial charge in [-0.1, -0.05) is 24.3 Å². The molecule has 0 spiro atoms. The molecule has 1 atom stereocenters. The monoisotopic (exact) mass is 399 g/mol. The van der Waals surface area contributed by atoms with Crippen molar-refractivity contribution in [2.24, 2.45) is 5.92 Å². The Labute approximate surface area is 166 Å². The summed E-state index contributed by atoms with van der Waals surface area (Å²) in [4.78, 5) is 17.3. The molecule has 2 fully saturated rings. The largest absolute Gasteiger partial charge is 0.395 e. The molecule has 0 bridgehead atoms. The molecule has 1 unspecified atom stereocenters. The van der Waals surface area contributed by atoms with E-state index >= 15 is 0 Å². The number of benzene rings is 1. The van der Waals surface area contributed by atoms with Crippen LogP contribution in [0.1, 0.15) is 23.6 Å². The van der Waals surface area contributed by atoms with Gasteiger partial charge in [0, 0.05) is 25.8 Å². The van der Waals surface area contributed by atoms with Crippen molar-refractivity contribution in [2.75, 3.05) is 29.4 Å². The molecule has 3 aromatic rings. The second-order valence-corrected chi connectivity index (χ2v) is 7.72. The van der Waals surface area contributed by atoms with Crippen LogP contribution in [0, 0.1) is 12.8 Å². The average Bonchev–Trinajstić information content (AvgIpc) is 2.60. The third-order valence-corrected chi connectivity index (χ3v) is 5.91. The van der Waals surface area contributed by atoms with Crippen LogP contribution in [0.2, 0.25) is 0 Å². The summed E-state index contributed by atoms with van der Waals surface area (Å²) in [7, 11) is 0. The van der Waals surface area contributed by atoms with Crippen LogP contribution >= 0.6 is 0 Å². The Balaban J connectivity index is 1.51. The minimum atomic E-state index is -4.18. The molecule has 0 aliphatic carbocycles. The molecule has 0 radical (unpaired) electrons. The van der Waals surface area contributed by atoms with E-state index in [9.17, 15) is 13.2 Å². The third kappa shape index (κ3) is 3.07. The van der Waals surface area contributed by atoms with E-state index < -0.39 is 12.1 Å². The zero-order valence-electron chi connectivity index (χ0n) is 15.9. The van der Waals surface area contributed by atoms with Crippen LogP contribution < -0.4 is 9.80 Å². The first kappa shape index (κ1) is 18.1. The Kier molecular flexibility index (Phi) is 4.11. The van der Waals surface area contributed by atoms with E-state index in [1.807, 2.05) is 24.3 Å². The summed E-state index contributed by atoms with van der Waals surface area (Å²) >= 11 is 0. The molecular weight excluding hydrogens is 379 g/mol. The predicted molar refractivity (Wildman–Crippen MR) is 105 cm³/mol. The number of anilines is 2. The van der Waals surface area contributed by atoms with E-state index in [0.717, 1.165) is 24.2 Å².